The number of hydrogen-bond acceptors (Lipinski definition) is 20. The van der Waals surface area contributed by atoms with Crippen LogP contribution in [0.3, 0.4) is 0 Å². The third-order valence-electron chi connectivity index (χ3n) is 19.6. The van der Waals surface area contributed by atoms with Gasteiger partial charge in [0.1, 0.15) is 49.4 Å². The third-order valence-corrected chi connectivity index (χ3v) is 20.7. The zero-order chi connectivity index (χ0) is 83.5. The smallest absolute Gasteiger partial charge is 0.336 e. The van der Waals surface area contributed by atoms with E-state index in [9.17, 15) is 38.4 Å². The number of halogens is 4. The zero-order valence-corrected chi connectivity index (χ0v) is 68.8. The van der Waals surface area contributed by atoms with E-state index in [1.54, 1.807) is 153 Å². The predicted molar refractivity (Wildman–Crippen MR) is 436 cm³/mol. The number of carbonyl (C=O) groups is 8. The van der Waals surface area contributed by atoms with E-state index in [2.05, 4.69) is 20.6 Å². The molecule has 6 heterocycles. The Morgan fingerprint density at radius 3 is 1.03 bits per heavy atom. The van der Waals surface area contributed by atoms with Crippen LogP contribution < -0.4 is 29.6 Å². The first-order valence-corrected chi connectivity index (χ1v) is 38.3. The molecular weight excluding hydrogens is 1570 g/mol. The van der Waals surface area contributed by atoms with Gasteiger partial charge in [0.15, 0.2) is 0 Å². The highest BCUT2D eigenvalue weighted by Crippen LogP contribution is 2.44. The van der Waals surface area contributed by atoms with Crippen molar-refractivity contribution < 1.29 is 85.7 Å². The van der Waals surface area contributed by atoms with Crippen LogP contribution in [0.2, 0.25) is 20.1 Å². The van der Waals surface area contributed by atoms with Crippen LogP contribution in [0.1, 0.15) is 122 Å². The second-order valence-corrected chi connectivity index (χ2v) is 28.4. The van der Waals surface area contributed by atoms with E-state index in [0.717, 1.165) is 33.4 Å². The van der Waals surface area contributed by atoms with Crippen molar-refractivity contribution >= 4 is 93.9 Å². The monoisotopic (exact) mass is 1660 g/mol. The average Bonchev–Trinajstić information content (AvgIpc) is 0.769. The molecule has 0 spiro atoms. The Morgan fingerprint density at radius 2 is 0.681 bits per heavy atom. The van der Waals surface area contributed by atoms with Crippen molar-refractivity contribution in [3.63, 3.8) is 0 Å². The van der Waals surface area contributed by atoms with Crippen molar-refractivity contribution in [1.82, 2.24) is 30.4 Å². The lowest BCUT2D eigenvalue weighted by molar-refractivity contribution is -0.143. The zero-order valence-electron chi connectivity index (χ0n) is 65.8. The summed E-state index contributed by atoms with van der Waals surface area (Å²) in [4.78, 5) is 113. The molecule has 6 aromatic carbocycles. The van der Waals surface area contributed by atoms with Crippen LogP contribution in [0.4, 0.5) is 0 Å². The van der Waals surface area contributed by atoms with Crippen LogP contribution in [0.5, 0.6) is 23.0 Å². The fourth-order valence-corrected chi connectivity index (χ4v) is 14.7. The number of aromatic nitrogens is 2. The Kier molecular flexibility index (Phi) is 33.1. The molecule has 0 saturated heterocycles. The summed E-state index contributed by atoms with van der Waals surface area (Å²) in [5.41, 5.74) is 9.74. The number of amides is 4. The standard InChI is InChI=1S/C24H25Cl2NO5.C23H26N2O5.C21H19Cl2NO4.C20H20N2O4/c1-15-23(24(29)32-14-16-6-4-5-7-21(16)31-3)19(13-22(28)27(15)10-11-30-2)18-12-17(25)8-9-20(18)26;1-16-22(23(27)30-15-18-6-4-5-7-20(18)29-3)19(17-8-10-24-11-9-17)14-21(26)25(16)12-13-28-2;1-12-20(21(26)28-11-13-5-3-4-6-18(13)27-2)16(10-19(25)24-12)15-9-14(22)7-8-17(15)23;1-13-19(16(11-18(23)22-13)14-7-9-21-10-8-14)20(24)26-12-15-5-3-4-6-17(15)25-2/h4-9,12,19H,10-11,13-14H2,1-3H3;4-11,19H,12-15H2,1-3H3;3-9,16H,10-11H2,1-2H3,(H,24,25);3-10,16H,11-12H2,1-2H3,(H,22,23). The number of nitrogens with one attached hydrogen (secondary N) is 2. The number of para-hydroxylation sites is 4. The molecule has 2 N–H and O–H groups in total. The number of rotatable bonds is 26. The number of benzene rings is 6. The molecule has 12 rings (SSSR count). The highest BCUT2D eigenvalue weighted by molar-refractivity contribution is 6.34. The normalized spacial score (nSPS) is 16.6. The molecule has 0 bridgehead atoms. The maximum atomic E-state index is 13.3. The molecule has 608 valence electrons. The fraction of sp³-hybridized carbons (Fsp3) is 0.295. The summed E-state index contributed by atoms with van der Waals surface area (Å²) in [6.07, 6.45) is 7.14. The lowest BCUT2D eigenvalue weighted by Crippen LogP contribution is -2.40. The number of carbonyl (C=O) groups excluding carboxylic acids is 8. The SMILES string of the molecule is COCCN1C(=O)CC(c2cc(Cl)ccc2Cl)C(C(=O)OCc2ccccc2OC)=C1C.COCCN1C(=O)CC(c2ccncc2)C(C(=O)OCc2ccccc2OC)=C1C.COc1ccccc1COC(=O)C1=C(C)NC(=O)CC1c1cc(Cl)ccc1Cl.COc1ccccc1COC(=O)C1=C(C)NC(=O)CC1c1ccncc1. The van der Waals surface area contributed by atoms with E-state index < -0.39 is 35.7 Å². The molecule has 0 fully saturated rings. The maximum Gasteiger partial charge on any atom is 0.336 e. The molecule has 8 aromatic rings. The molecular formula is C88H90Cl4N6O18. The van der Waals surface area contributed by atoms with Gasteiger partial charge in [-0.3, -0.25) is 29.1 Å². The van der Waals surface area contributed by atoms with Gasteiger partial charge in [-0.1, -0.05) is 119 Å². The molecule has 4 amide bonds. The van der Waals surface area contributed by atoms with Crippen molar-refractivity contribution in [3.05, 3.63) is 292 Å². The third kappa shape index (κ3) is 23.0. The number of allylic oxidation sites excluding steroid dienone is 4. The molecule has 4 aliphatic rings. The van der Waals surface area contributed by atoms with E-state index >= 15 is 0 Å². The van der Waals surface area contributed by atoms with E-state index in [4.69, 9.17) is 93.8 Å². The average molecular weight is 1660 g/mol. The van der Waals surface area contributed by atoms with Gasteiger partial charge >= 0.3 is 23.9 Å². The van der Waals surface area contributed by atoms with Gasteiger partial charge in [0.25, 0.3) is 0 Å². The van der Waals surface area contributed by atoms with Crippen LogP contribution >= 0.6 is 46.4 Å². The molecule has 0 radical (unpaired) electrons. The maximum absolute atomic E-state index is 13.3. The molecule has 4 atom stereocenters. The molecule has 28 heteroatoms. The molecule has 2 aromatic heterocycles. The minimum atomic E-state index is -0.572. The van der Waals surface area contributed by atoms with Gasteiger partial charge in [-0.2, -0.15) is 0 Å². The van der Waals surface area contributed by atoms with Crippen molar-refractivity contribution in [2.24, 2.45) is 0 Å². The van der Waals surface area contributed by atoms with Crippen LogP contribution in [0, 0.1) is 0 Å². The van der Waals surface area contributed by atoms with E-state index in [1.807, 2.05) is 109 Å². The van der Waals surface area contributed by atoms with Crippen molar-refractivity contribution in [3.8, 4) is 23.0 Å². The van der Waals surface area contributed by atoms with Crippen LogP contribution in [-0.2, 0) is 93.2 Å². The number of methoxy groups -OCH3 is 6. The van der Waals surface area contributed by atoms with Gasteiger partial charge in [0.2, 0.25) is 23.6 Å². The minimum absolute atomic E-state index is 0.0294. The summed E-state index contributed by atoms with van der Waals surface area (Å²) in [5, 5.41) is 7.25. The van der Waals surface area contributed by atoms with E-state index in [1.165, 1.54) is 0 Å². The Bertz CT molecular complexity index is 5000. The quantitative estimate of drug-likeness (QED) is 0.0376. The fourth-order valence-electron chi connectivity index (χ4n) is 13.8. The highest BCUT2D eigenvalue weighted by atomic mass is 35.5. The summed E-state index contributed by atoms with van der Waals surface area (Å²) in [6.45, 7) is 8.58. The predicted octanol–water partition coefficient (Wildman–Crippen LogP) is 15.4. The number of nitrogens with zero attached hydrogens (tertiary/aromatic N) is 4. The van der Waals surface area contributed by atoms with Gasteiger partial charge in [0, 0.05) is 167 Å². The number of pyridine rings is 2. The summed E-state index contributed by atoms with van der Waals surface area (Å²) >= 11 is 25.1. The molecule has 4 unspecified atom stereocenters. The van der Waals surface area contributed by atoms with Gasteiger partial charge < -0.3 is 67.8 Å². The Morgan fingerprint density at radius 1 is 0.388 bits per heavy atom. The Balaban J connectivity index is 0.000000177. The highest BCUT2D eigenvalue weighted by Gasteiger charge is 2.41. The van der Waals surface area contributed by atoms with Crippen LogP contribution in [-0.4, -0.2) is 136 Å². The van der Waals surface area contributed by atoms with Crippen molar-refractivity contribution in [1.29, 1.82) is 0 Å². The van der Waals surface area contributed by atoms with Crippen LogP contribution in [0.25, 0.3) is 0 Å². The molecule has 24 nitrogen and oxygen atoms in total. The second kappa shape index (κ2) is 43.4. The number of esters is 4. The number of hydrogen-bond donors (Lipinski definition) is 2. The summed E-state index contributed by atoms with van der Waals surface area (Å²) < 4.78 is 53.9. The topological polar surface area (TPSA) is 285 Å². The minimum Gasteiger partial charge on any atom is -0.496 e. The van der Waals surface area contributed by atoms with Gasteiger partial charge in [0.05, 0.1) is 63.9 Å². The van der Waals surface area contributed by atoms with E-state index in [0.29, 0.717) is 126 Å². The second-order valence-electron chi connectivity index (χ2n) is 26.7. The van der Waals surface area contributed by atoms with Gasteiger partial charge in [-0.15, -0.1) is 0 Å². The Labute approximate surface area is 693 Å². The van der Waals surface area contributed by atoms with Gasteiger partial charge in [-0.25, -0.2) is 19.2 Å². The Hall–Kier alpha value is -11.4. The van der Waals surface area contributed by atoms with E-state index in [-0.39, 0.29) is 87.6 Å². The lowest BCUT2D eigenvalue weighted by Gasteiger charge is -2.34. The summed E-state index contributed by atoms with van der Waals surface area (Å²) in [7, 11) is 9.41. The van der Waals surface area contributed by atoms with Crippen molar-refractivity contribution in [2.45, 2.75) is 103 Å². The largest absolute Gasteiger partial charge is 0.496 e. The number of ether oxygens (including phenoxy) is 10. The first kappa shape index (κ1) is 88.6. The van der Waals surface area contributed by atoms with Crippen molar-refractivity contribution in [2.75, 3.05) is 69.0 Å². The molecule has 0 aliphatic carbocycles. The first-order valence-electron chi connectivity index (χ1n) is 36.8. The van der Waals surface area contributed by atoms with Gasteiger partial charge in [-0.05, 0) is 135 Å². The molecule has 4 aliphatic heterocycles. The molecule has 116 heavy (non-hydrogen) atoms. The molecule has 0 saturated carbocycles. The summed E-state index contributed by atoms with van der Waals surface area (Å²) in [5.74, 6) is -1.70. The summed E-state index contributed by atoms with van der Waals surface area (Å²) in [6, 6.07) is 46.6. The van der Waals surface area contributed by atoms with Crippen LogP contribution in [0.15, 0.2) is 228 Å². The first-order chi connectivity index (χ1) is 55.9. The lowest BCUT2D eigenvalue weighted by atomic mass is 9.83.